The maximum Gasteiger partial charge on any atom is 0.0257 e. The van der Waals surface area contributed by atoms with Crippen LogP contribution in [0.2, 0.25) is 0 Å². The van der Waals surface area contributed by atoms with E-state index in [1.54, 1.807) is 0 Å². The molecule has 0 fully saturated rings. The first kappa shape index (κ1) is 31.4. The van der Waals surface area contributed by atoms with E-state index in [1.807, 2.05) is 0 Å². The lowest BCUT2D eigenvalue weighted by molar-refractivity contribution is 0.875. The van der Waals surface area contributed by atoms with Gasteiger partial charge in [-0.3, -0.25) is 0 Å². The molecule has 0 spiro atoms. The van der Waals surface area contributed by atoms with Crippen molar-refractivity contribution in [1.82, 2.24) is 0 Å². The quantitative estimate of drug-likeness (QED) is 0.158. The van der Waals surface area contributed by atoms with Crippen LogP contribution in [0.25, 0.3) is 64.6 Å². The molecule has 232 valence electrons. The summed E-state index contributed by atoms with van der Waals surface area (Å²) < 4.78 is 2.39. The summed E-state index contributed by atoms with van der Waals surface area (Å²) in [5.74, 6) is 2.10. The average molecular weight is 731 g/mol. The van der Waals surface area contributed by atoms with Crippen LogP contribution in [-0.4, -0.2) is 0 Å². The summed E-state index contributed by atoms with van der Waals surface area (Å²) in [4.78, 5) is 0. The molecule has 8 aromatic rings. The molecule has 0 N–H and O–H groups in total. The third-order valence-corrected chi connectivity index (χ3v) is 11.4. The van der Waals surface area contributed by atoms with Gasteiger partial charge in [0.05, 0.1) is 0 Å². The molecular weight excluding hydrogens is 688 g/mol. The summed E-state index contributed by atoms with van der Waals surface area (Å²) in [7, 11) is 0. The molecule has 0 saturated heterocycles. The van der Waals surface area contributed by atoms with E-state index in [4.69, 9.17) is 0 Å². The molecule has 0 nitrogen and oxygen atoms in total. The average Bonchev–Trinajstić information content (AvgIpc) is 3.03. The highest BCUT2D eigenvalue weighted by atomic mass is 79.9. The van der Waals surface area contributed by atoms with E-state index in [-0.39, 0.29) is 0 Å². The second-order valence-electron chi connectivity index (χ2n) is 14.3. The van der Waals surface area contributed by atoms with Gasteiger partial charge < -0.3 is 0 Å². The van der Waals surface area contributed by atoms with Crippen molar-refractivity contribution < 1.29 is 0 Å². The molecule has 0 bridgehead atoms. The zero-order valence-electron chi connectivity index (χ0n) is 28.1. The summed E-state index contributed by atoms with van der Waals surface area (Å²) in [5, 5.41) is 16.6. The Bertz CT molecular complexity index is 2220. The highest BCUT2D eigenvalue weighted by molar-refractivity contribution is 9.11. The Morgan fingerprint density at radius 2 is 0.609 bits per heavy atom. The van der Waals surface area contributed by atoms with Gasteiger partial charge in [-0.2, -0.15) is 0 Å². The fraction of sp³-hybridized carbons (Fsp3) is 0.273. The Hall–Kier alpha value is -3.20. The number of halogens is 2. The molecule has 0 saturated carbocycles. The fourth-order valence-electron chi connectivity index (χ4n) is 7.77. The standard InChI is InChI=1S/C22H20Br2.C22H22/c1-11(2)17-9-19(23)15-8-6-14-18(12(3)4)10-20(24)16-7-5-13(17)21(15)22(14)16;1-13(2)17-9-5-15-8-12-20-18(14(3)4)10-6-16-7-11-19(17)21(15)22(16)20/h5-12H,1-4H3;5-14H,1-4H3. The van der Waals surface area contributed by atoms with Gasteiger partial charge in [-0.25, -0.2) is 0 Å². The van der Waals surface area contributed by atoms with Crippen molar-refractivity contribution in [3.8, 4) is 0 Å². The van der Waals surface area contributed by atoms with Gasteiger partial charge in [0.1, 0.15) is 0 Å². The molecule has 0 aromatic heterocycles. The Morgan fingerprint density at radius 3 is 0.957 bits per heavy atom. The predicted octanol–water partition coefficient (Wildman–Crippen LogP) is 15.2. The van der Waals surface area contributed by atoms with E-state index in [0.717, 1.165) is 0 Å². The van der Waals surface area contributed by atoms with Crippen molar-refractivity contribution in [2.45, 2.75) is 79.1 Å². The largest absolute Gasteiger partial charge is 0.0587 e. The normalized spacial score (nSPS) is 12.5. The molecule has 46 heavy (non-hydrogen) atoms. The minimum atomic E-state index is 0.499. The van der Waals surface area contributed by atoms with Crippen LogP contribution in [0.3, 0.4) is 0 Å². The second kappa shape index (κ2) is 11.8. The van der Waals surface area contributed by atoms with Crippen LogP contribution in [-0.2, 0) is 0 Å². The molecule has 8 rings (SSSR count). The van der Waals surface area contributed by atoms with Crippen molar-refractivity contribution in [1.29, 1.82) is 0 Å². The minimum Gasteiger partial charge on any atom is -0.0587 e. The smallest absolute Gasteiger partial charge is 0.0257 e. The van der Waals surface area contributed by atoms with Crippen LogP contribution in [0.5, 0.6) is 0 Å². The zero-order chi connectivity index (χ0) is 32.6. The Kier molecular flexibility index (Phi) is 8.05. The van der Waals surface area contributed by atoms with Crippen molar-refractivity contribution >= 4 is 96.5 Å². The van der Waals surface area contributed by atoms with Crippen LogP contribution >= 0.6 is 31.9 Å². The molecule has 0 unspecified atom stereocenters. The molecule has 0 aliphatic rings. The highest BCUT2D eigenvalue weighted by Crippen LogP contribution is 2.45. The van der Waals surface area contributed by atoms with Gasteiger partial charge in [0.15, 0.2) is 0 Å². The van der Waals surface area contributed by atoms with Crippen molar-refractivity contribution in [2.75, 3.05) is 0 Å². The minimum absolute atomic E-state index is 0.499. The first-order chi connectivity index (χ1) is 22.0. The van der Waals surface area contributed by atoms with Gasteiger partial charge in [0.2, 0.25) is 0 Å². The van der Waals surface area contributed by atoms with Gasteiger partial charge in [-0.05, 0) is 123 Å². The number of hydrogen-bond acceptors (Lipinski definition) is 0. The maximum atomic E-state index is 3.81. The molecule has 0 radical (unpaired) electrons. The van der Waals surface area contributed by atoms with Crippen LogP contribution in [0.15, 0.2) is 93.9 Å². The predicted molar refractivity (Wildman–Crippen MR) is 212 cm³/mol. The molecular formula is C44H42Br2. The topological polar surface area (TPSA) is 0 Å². The third kappa shape index (κ3) is 4.90. The summed E-state index contributed by atoms with van der Waals surface area (Å²) in [6.45, 7) is 18.2. The van der Waals surface area contributed by atoms with Gasteiger partial charge in [-0.1, -0.05) is 160 Å². The van der Waals surface area contributed by atoms with E-state index in [9.17, 15) is 0 Å². The number of hydrogen-bond donors (Lipinski definition) is 0. The monoisotopic (exact) mass is 728 g/mol. The molecule has 8 aromatic carbocycles. The first-order valence-electron chi connectivity index (χ1n) is 16.8. The molecule has 2 heteroatoms. The molecule has 0 atom stereocenters. The molecule has 0 amide bonds. The lowest BCUT2D eigenvalue weighted by atomic mass is 9.86. The summed E-state index contributed by atoms with van der Waals surface area (Å²) in [6, 6.07) is 32.1. The Balaban J connectivity index is 0.000000147. The molecule has 0 aliphatic carbocycles. The maximum absolute atomic E-state index is 3.81. The summed E-state index contributed by atoms with van der Waals surface area (Å²) in [6.07, 6.45) is 0. The molecule has 0 heterocycles. The van der Waals surface area contributed by atoms with Gasteiger partial charge in [-0.15, -0.1) is 0 Å². The van der Waals surface area contributed by atoms with Crippen LogP contribution in [0, 0.1) is 0 Å². The Morgan fingerprint density at radius 1 is 0.326 bits per heavy atom. The summed E-state index contributed by atoms with van der Waals surface area (Å²) in [5.41, 5.74) is 5.73. The first-order valence-corrected chi connectivity index (χ1v) is 18.4. The second-order valence-corrected chi connectivity index (χ2v) is 16.0. The zero-order valence-corrected chi connectivity index (χ0v) is 31.3. The van der Waals surface area contributed by atoms with Gasteiger partial charge >= 0.3 is 0 Å². The van der Waals surface area contributed by atoms with E-state index in [0.29, 0.717) is 23.7 Å². The van der Waals surface area contributed by atoms with Crippen LogP contribution < -0.4 is 0 Å². The van der Waals surface area contributed by atoms with Crippen LogP contribution in [0.4, 0.5) is 0 Å². The van der Waals surface area contributed by atoms with E-state index < -0.39 is 0 Å². The lowest BCUT2D eigenvalue weighted by Gasteiger charge is -2.20. The van der Waals surface area contributed by atoms with E-state index >= 15 is 0 Å². The lowest BCUT2D eigenvalue weighted by Crippen LogP contribution is -1.96. The fourth-order valence-corrected chi connectivity index (χ4v) is 8.92. The van der Waals surface area contributed by atoms with E-state index in [2.05, 4.69) is 172 Å². The van der Waals surface area contributed by atoms with Crippen molar-refractivity contribution in [2.24, 2.45) is 0 Å². The summed E-state index contributed by atoms with van der Waals surface area (Å²) >= 11 is 7.63. The van der Waals surface area contributed by atoms with Crippen LogP contribution in [0.1, 0.15) is 101 Å². The molecule has 0 aliphatic heterocycles. The Labute approximate surface area is 290 Å². The number of rotatable bonds is 4. The van der Waals surface area contributed by atoms with Crippen molar-refractivity contribution in [3.05, 3.63) is 116 Å². The SMILES string of the molecule is CC(C)c1cc(Br)c2ccc3c(C(C)C)cc(Br)c4ccc1c2c43.CC(C)c1ccc2ccc3c(C(C)C)ccc4ccc1c2c43. The third-order valence-electron chi connectivity index (χ3n) is 10.1. The van der Waals surface area contributed by atoms with Gasteiger partial charge in [0, 0.05) is 8.95 Å². The van der Waals surface area contributed by atoms with Crippen molar-refractivity contribution in [3.63, 3.8) is 0 Å². The van der Waals surface area contributed by atoms with Gasteiger partial charge in [0.25, 0.3) is 0 Å². The highest BCUT2D eigenvalue weighted by Gasteiger charge is 2.19. The number of benzene rings is 8. The van der Waals surface area contributed by atoms with E-state index in [1.165, 1.54) is 95.8 Å².